The maximum Gasteiger partial charge on any atom is 0.238 e. The van der Waals surface area contributed by atoms with Crippen LogP contribution in [0.3, 0.4) is 0 Å². The fourth-order valence-corrected chi connectivity index (χ4v) is 2.83. The molecule has 1 aliphatic rings. The molecule has 0 aromatic heterocycles. The van der Waals surface area contributed by atoms with E-state index in [-0.39, 0.29) is 24.4 Å². The number of rotatable bonds is 3. The number of hydrogen-bond acceptors (Lipinski definition) is 3. The van der Waals surface area contributed by atoms with Gasteiger partial charge in [0.25, 0.3) is 0 Å². The zero-order valence-electron chi connectivity index (χ0n) is 11.8. The van der Waals surface area contributed by atoms with E-state index < -0.39 is 0 Å². The first kappa shape index (κ1) is 17.2. The highest BCUT2D eigenvalue weighted by Gasteiger charge is 2.21. The van der Waals surface area contributed by atoms with Gasteiger partial charge in [-0.3, -0.25) is 9.69 Å². The van der Waals surface area contributed by atoms with Crippen molar-refractivity contribution in [2.75, 3.05) is 25.0 Å². The van der Waals surface area contributed by atoms with Crippen LogP contribution in [0.25, 0.3) is 0 Å². The molecule has 0 bridgehead atoms. The largest absolute Gasteiger partial charge is 0.326 e. The van der Waals surface area contributed by atoms with Crippen LogP contribution in [0.15, 0.2) is 12.1 Å². The molecule has 1 amide bonds. The molecule has 1 aromatic carbocycles. The molecule has 20 heavy (non-hydrogen) atoms. The Kier molecular flexibility index (Phi) is 6.27. The van der Waals surface area contributed by atoms with Gasteiger partial charge in [-0.2, -0.15) is 0 Å². The van der Waals surface area contributed by atoms with Gasteiger partial charge in [0.2, 0.25) is 5.91 Å². The molecule has 1 fully saturated rings. The lowest BCUT2D eigenvalue weighted by Crippen LogP contribution is -2.33. The summed E-state index contributed by atoms with van der Waals surface area (Å²) in [5.41, 5.74) is 8.60. The summed E-state index contributed by atoms with van der Waals surface area (Å²) in [6.07, 6.45) is 0.956. The van der Waals surface area contributed by atoms with Crippen LogP contribution in [0.1, 0.15) is 17.5 Å². The minimum Gasteiger partial charge on any atom is -0.326 e. The number of amides is 1. The molecule has 1 heterocycles. The Morgan fingerprint density at radius 2 is 2.20 bits per heavy atom. The van der Waals surface area contributed by atoms with Gasteiger partial charge in [0.15, 0.2) is 0 Å². The first-order chi connectivity index (χ1) is 8.95. The molecule has 6 heteroatoms. The summed E-state index contributed by atoms with van der Waals surface area (Å²) in [4.78, 5) is 14.1. The van der Waals surface area contributed by atoms with Gasteiger partial charge in [0, 0.05) is 19.1 Å². The Balaban J connectivity index is 0.00000200. The Bertz CT molecular complexity index is 470. The van der Waals surface area contributed by atoms with Crippen molar-refractivity contribution in [3.05, 3.63) is 28.3 Å². The summed E-state index contributed by atoms with van der Waals surface area (Å²) in [6.45, 7) is 5.97. The Morgan fingerprint density at radius 1 is 1.50 bits per heavy atom. The summed E-state index contributed by atoms with van der Waals surface area (Å²) in [5.74, 6) is -0.0389. The number of hydrogen-bond donors (Lipinski definition) is 2. The zero-order chi connectivity index (χ0) is 14.0. The third-order valence-electron chi connectivity index (χ3n) is 3.37. The molecule has 1 aliphatic heterocycles. The van der Waals surface area contributed by atoms with Crippen LogP contribution in [0, 0.1) is 13.8 Å². The highest BCUT2D eigenvalue weighted by atomic mass is 35.5. The molecule has 2 rings (SSSR count). The van der Waals surface area contributed by atoms with Crippen LogP contribution in [-0.4, -0.2) is 36.5 Å². The maximum atomic E-state index is 12.0. The second-order valence-corrected chi connectivity index (χ2v) is 5.68. The maximum absolute atomic E-state index is 12.0. The third kappa shape index (κ3) is 4.35. The smallest absolute Gasteiger partial charge is 0.238 e. The highest BCUT2D eigenvalue weighted by Crippen LogP contribution is 2.27. The molecule has 3 N–H and O–H groups in total. The minimum atomic E-state index is -0.0389. The van der Waals surface area contributed by atoms with Gasteiger partial charge in [0.1, 0.15) is 0 Å². The number of nitrogens with two attached hydrogens (primary N) is 1. The molecule has 0 radical (unpaired) electrons. The van der Waals surface area contributed by atoms with Crippen molar-refractivity contribution in [3.8, 4) is 0 Å². The predicted molar refractivity (Wildman–Crippen MR) is 85.8 cm³/mol. The molecule has 1 unspecified atom stereocenters. The van der Waals surface area contributed by atoms with Crippen molar-refractivity contribution >= 4 is 35.6 Å². The van der Waals surface area contributed by atoms with Gasteiger partial charge in [-0.1, -0.05) is 17.7 Å². The molecule has 4 nitrogen and oxygen atoms in total. The van der Waals surface area contributed by atoms with E-state index in [9.17, 15) is 4.79 Å². The van der Waals surface area contributed by atoms with E-state index in [1.54, 1.807) is 0 Å². The average Bonchev–Trinajstić information content (AvgIpc) is 2.69. The van der Waals surface area contributed by atoms with Gasteiger partial charge < -0.3 is 11.1 Å². The van der Waals surface area contributed by atoms with Gasteiger partial charge in [-0.25, -0.2) is 0 Å². The van der Waals surface area contributed by atoms with E-state index >= 15 is 0 Å². The molecule has 1 aromatic rings. The zero-order valence-corrected chi connectivity index (χ0v) is 13.4. The Hall–Kier alpha value is -0.810. The van der Waals surface area contributed by atoms with Crippen molar-refractivity contribution in [2.45, 2.75) is 26.3 Å². The molecule has 112 valence electrons. The Morgan fingerprint density at radius 3 is 2.75 bits per heavy atom. The number of carbonyl (C=O) groups is 1. The first-order valence-corrected chi connectivity index (χ1v) is 6.88. The fourth-order valence-electron chi connectivity index (χ4n) is 2.46. The minimum absolute atomic E-state index is 0. The standard InChI is InChI=1S/C14H20ClN3O.ClH/c1-9-5-10(2)14(12(15)6-9)17-13(19)8-18-4-3-11(16)7-18;/h5-6,11H,3-4,7-8,16H2,1-2H3,(H,17,19);1H. The lowest BCUT2D eigenvalue weighted by atomic mass is 10.1. The van der Waals surface area contributed by atoms with Crippen molar-refractivity contribution in [2.24, 2.45) is 5.73 Å². The van der Waals surface area contributed by atoms with Crippen LogP contribution >= 0.6 is 24.0 Å². The molecule has 0 aliphatic carbocycles. The van der Waals surface area contributed by atoms with Crippen molar-refractivity contribution < 1.29 is 4.79 Å². The second kappa shape index (κ2) is 7.27. The first-order valence-electron chi connectivity index (χ1n) is 6.50. The molecule has 1 atom stereocenters. The van der Waals surface area contributed by atoms with Crippen LogP contribution in [0.4, 0.5) is 5.69 Å². The average molecular weight is 318 g/mol. The quantitative estimate of drug-likeness (QED) is 0.899. The summed E-state index contributed by atoms with van der Waals surface area (Å²) in [6, 6.07) is 4.06. The monoisotopic (exact) mass is 317 g/mol. The number of likely N-dealkylation sites (tertiary alicyclic amines) is 1. The Labute approximate surface area is 131 Å². The van der Waals surface area contributed by atoms with Crippen molar-refractivity contribution in [3.63, 3.8) is 0 Å². The summed E-state index contributed by atoms with van der Waals surface area (Å²) in [7, 11) is 0. The van der Waals surface area contributed by atoms with Gasteiger partial charge >= 0.3 is 0 Å². The van der Waals surface area contributed by atoms with Crippen LogP contribution < -0.4 is 11.1 Å². The molecule has 0 saturated carbocycles. The van der Waals surface area contributed by atoms with Gasteiger partial charge in [0.05, 0.1) is 17.3 Å². The number of nitrogens with one attached hydrogen (secondary N) is 1. The molecule has 1 saturated heterocycles. The van der Waals surface area contributed by atoms with E-state index in [1.165, 1.54) is 0 Å². The van der Waals surface area contributed by atoms with Crippen molar-refractivity contribution in [1.82, 2.24) is 4.90 Å². The SMILES string of the molecule is Cc1cc(C)c(NC(=O)CN2CCC(N)C2)c(Cl)c1.Cl. The number of aryl methyl sites for hydroxylation is 2. The van der Waals surface area contributed by atoms with Crippen LogP contribution in [0.2, 0.25) is 5.02 Å². The lowest BCUT2D eigenvalue weighted by Gasteiger charge is -2.16. The van der Waals surface area contributed by atoms with Crippen LogP contribution in [0.5, 0.6) is 0 Å². The van der Waals surface area contributed by atoms with E-state index in [0.717, 1.165) is 30.6 Å². The molecule has 0 spiro atoms. The van der Waals surface area contributed by atoms with Crippen molar-refractivity contribution in [1.29, 1.82) is 0 Å². The number of benzene rings is 1. The molecular formula is C14H21Cl2N3O. The number of carbonyl (C=O) groups excluding carboxylic acids is 1. The molecular weight excluding hydrogens is 297 g/mol. The number of anilines is 1. The van der Waals surface area contributed by atoms with E-state index in [4.69, 9.17) is 17.3 Å². The van der Waals surface area contributed by atoms with E-state index in [2.05, 4.69) is 10.2 Å². The van der Waals surface area contributed by atoms with Gasteiger partial charge in [-0.15, -0.1) is 12.4 Å². The highest BCUT2D eigenvalue weighted by molar-refractivity contribution is 6.34. The lowest BCUT2D eigenvalue weighted by molar-refractivity contribution is -0.117. The number of nitrogens with zero attached hydrogens (tertiary/aromatic N) is 1. The number of halogens is 2. The second-order valence-electron chi connectivity index (χ2n) is 5.27. The summed E-state index contributed by atoms with van der Waals surface area (Å²) in [5, 5.41) is 3.48. The van der Waals surface area contributed by atoms with E-state index in [1.807, 2.05) is 26.0 Å². The topological polar surface area (TPSA) is 58.4 Å². The fraction of sp³-hybridized carbons (Fsp3) is 0.500. The van der Waals surface area contributed by atoms with E-state index in [0.29, 0.717) is 17.3 Å². The predicted octanol–water partition coefficient (Wildman–Crippen LogP) is 2.35. The third-order valence-corrected chi connectivity index (χ3v) is 3.67. The normalized spacial score (nSPS) is 18.7. The van der Waals surface area contributed by atoms with Gasteiger partial charge in [-0.05, 0) is 37.5 Å². The van der Waals surface area contributed by atoms with Crippen LogP contribution in [-0.2, 0) is 4.79 Å². The summed E-state index contributed by atoms with van der Waals surface area (Å²) >= 11 is 6.17. The summed E-state index contributed by atoms with van der Waals surface area (Å²) < 4.78 is 0.